The fourth-order valence-electron chi connectivity index (χ4n) is 3.60. The number of carbonyl (C=O) groups excluding carboxylic acids is 2. The molecule has 0 bridgehead atoms. The van der Waals surface area contributed by atoms with Crippen LogP contribution in [0.15, 0.2) is 52.1 Å². The maximum absolute atomic E-state index is 12.7. The Morgan fingerprint density at radius 3 is 2.75 bits per heavy atom. The van der Waals surface area contributed by atoms with Crippen molar-refractivity contribution in [2.24, 2.45) is 5.10 Å². The monoisotopic (exact) mass is 470 g/mol. The second kappa shape index (κ2) is 9.54. The molecule has 4 rings (SSSR count). The molecule has 1 aliphatic carbocycles. The van der Waals surface area contributed by atoms with Crippen LogP contribution < -0.4 is 10.7 Å². The number of aryl methyl sites for hydroxylation is 1. The zero-order valence-corrected chi connectivity index (χ0v) is 18.8. The lowest BCUT2D eigenvalue weighted by Crippen LogP contribution is -2.24. The van der Waals surface area contributed by atoms with Crippen LogP contribution in [0.3, 0.4) is 0 Å². The van der Waals surface area contributed by atoms with E-state index in [9.17, 15) is 9.59 Å². The van der Waals surface area contributed by atoms with Gasteiger partial charge in [-0.2, -0.15) is 5.10 Å². The molecule has 0 saturated heterocycles. The maximum Gasteiger partial charge on any atom is 0.287 e. The molecule has 2 N–H and O–H groups in total. The van der Waals surface area contributed by atoms with Gasteiger partial charge in [-0.1, -0.05) is 29.3 Å². The Hall–Kier alpha value is -3.16. The Kier molecular flexibility index (Phi) is 6.58. The van der Waals surface area contributed by atoms with E-state index in [0.717, 1.165) is 17.7 Å². The number of rotatable bonds is 5. The topological polar surface area (TPSA) is 96.6 Å². The number of aromatic nitrogens is 1. The summed E-state index contributed by atoms with van der Waals surface area (Å²) in [4.78, 5) is 29.4. The number of fused-ring (bicyclic) bond motifs is 1. The molecule has 0 atom stereocenters. The van der Waals surface area contributed by atoms with E-state index < -0.39 is 5.91 Å². The van der Waals surface area contributed by atoms with Crippen LogP contribution in [-0.2, 0) is 13.0 Å². The number of nitrogens with zero attached hydrogens (tertiary/aromatic N) is 2. The van der Waals surface area contributed by atoms with Gasteiger partial charge in [-0.3, -0.25) is 14.6 Å². The van der Waals surface area contributed by atoms with E-state index in [1.165, 1.54) is 6.07 Å². The molecule has 7 nitrogen and oxygen atoms in total. The number of pyridine rings is 1. The Morgan fingerprint density at radius 2 is 2.00 bits per heavy atom. The van der Waals surface area contributed by atoms with Crippen LogP contribution in [0.2, 0.25) is 10.0 Å². The summed E-state index contributed by atoms with van der Waals surface area (Å²) in [5.41, 5.74) is 5.69. The molecular formula is C23H20Cl2N4O3. The van der Waals surface area contributed by atoms with Crippen LogP contribution in [-0.4, -0.2) is 22.5 Å². The van der Waals surface area contributed by atoms with Crippen LogP contribution in [0.1, 0.15) is 56.3 Å². The molecule has 0 radical (unpaired) electrons. The molecule has 0 fully saturated rings. The van der Waals surface area contributed by atoms with Crippen LogP contribution in [0.25, 0.3) is 0 Å². The fraction of sp³-hybridized carbons (Fsp3) is 0.217. The lowest BCUT2D eigenvalue weighted by atomic mass is 9.93. The third-order valence-corrected chi connectivity index (χ3v) is 5.70. The minimum atomic E-state index is -0.444. The predicted octanol–water partition coefficient (Wildman–Crippen LogP) is 4.69. The van der Waals surface area contributed by atoms with E-state index in [1.54, 1.807) is 18.3 Å². The van der Waals surface area contributed by atoms with Crippen molar-refractivity contribution < 1.29 is 14.0 Å². The van der Waals surface area contributed by atoms with Gasteiger partial charge in [0, 0.05) is 28.8 Å². The zero-order chi connectivity index (χ0) is 22.7. The summed E-state index contributed by atoms with van der Waals surface area (Å²) in [5, 5.41) is 7.83. The molecule has 32 heavy (non-hydrogen) atoms. The molecule has 2 amide bonds. The molecule has 3 aromatic rings. The molecule has 2 heterocycles. The quantitative estimate of drug-likeness (QED) is 0.528. The summed E-state index contributed by atoms with van der Waals surface area (Å²) in [6, 6.07) is 10.1. The Balaban J connectivity index is 1.52. The minimum Gasteiger partial charge on any atom is -0.455 e. The molecule has 2 aromatic heterocycles. The number of nitrogens with one attached hydrogen (secondary N) is 2. The highest BCUT2D eigenvalue weighted by Crippen LogP contribution is 2.30. The van der Waals surface area contributed by atoms with Crippen molar-refractivity contribution in [1.82, 2.24) is 15.7 Å². The summed E-state index contributed by atoms with van der Waals surface area (Å²) in [5.74, 6) is 0.168. The van der Waals surface area contributed by atoms with E-state index in [0.29, 0.717) is 41.4 Å². The summed E-state index contributed by atoms with van der Waals surface area (Å²) in [6.07, 6.45) is 3.81. The maximum atomic E-state index is 12.7. The van der Waals surface area contributed by atoms with Gasteiger partial charge in [0.25, 0.3) is 11.8 Å². The SMILES string of the molecule is Cc1c(C(=O)NCc2ccccn2)oc2c1/C(=N/NC(=O)c1ccc(Cl)cc1Cl)CCC2. The third-order valence-electron chi connectivity index (χ3n) is 5.16. The standard InChI is InChI=1S/C23H20Cl2N4O3/c1-13-20-18(28-29-22(30)16-9-8-14(24)11-17(16)25)6-4-7-19(20)32-21(13)23(31)27-12-15-5-2-3-10-26-15/h2-3,5,8-11H,4,6-7,12H2,1H3,(H,27,31)(H,29,30)/b28-18+. The number of hydrogen-bond acceptors (Lipinski definition) is 5. The Morgan fingerprint density at radius 1 is 1.16 bits per heavy atom. The molecular weight excluding hydrogens is 451 g/mol. The van der Waals surface area contributed by atoms with E-state index >= 15 is 0 Å². The molecule has 0 spiro atoms. The van der Waals surface area contributed by atoms with Gasteiger partial charge in [0.05, 0.1) is 28.5 Å². The van der Waals surface area contributed by atoms with Crippen LogP contribution in [0.5, 0.6) is 0 Å². The van der Waals surface area contributed by atoms with E-state index in [-0.39, 0.29) is 22.3 Å². The van der Waals surface area contributed by atoms with Crippen LogP contribution in [0, 0.1) is 6.92 Å². The van der Waals surface area contributed by atoms with Crippen molar-refractivity contribution in [3.05, 3.63) is 86.5 Å². The molecule has 0 aliphatic heterocycles. The van der Waals surface area contributed by atoms with Gasteiger partial charge in [-0.15, -0.1) is 0 Å². The van der Waals surface area contributed by atoms with Crippen LogP contribution >= 0.6 is 23.2 Å². The Labute approximate surface area is 194 Å². The predicted molar refractivity (Wildman–Crippen MR) is 122 cm³/mol. The van der Waals surface area contributed by atoms with Crippen molar-refractivity contribution in [2.45, 2.75) is 32.7 Å². The number of carbonyl (C=O) groups is 2. The van der Waals surface area contributed by atoms with Crippen LogP contribution in [0.4, 0.5) is 0 Å². The lowest BCUT2D eigenvalue weighted by molar-refractivity contribution is 0.0918. The van der Waals surface area contributed by atoms with Crippen molar-refractivity contribution in [3.8, 4) is 0 Å². The first-order chi connectivity index (χ1) is 15.4. The fourth-order valence-corrected chi connectivity index (χ4v) is 4.10. The molecule has 164 valence electrons. The molecule has 9 heteroatoms. The first-order valence-corrected chi connectivity index (χ1v) is 10.8. The molecule has 0 unspecified atom stereocenters. The highest BCUT2D eigenvalue weighted by Gasteiger charge is 2.28. The van der Waals surface area contributed by atoms with E-state index in [1.807, 2.05) is 25.1 Å². The highest BCUT2D eigenvalue weighted by atomic mass is 35.5. The van der Waals surface area contributed by atoms with Gasteiger partial charge in [-0.25, -0.2) is 5.43 Å². The minimum absolute atomic E-state index is 0.242. The molecule has 1 aliphatic rings. The van der Waals surface area contributed by atoms with E-state index in [2.05, 4.69) is 20.8 Å². The number of amides is 2. The van der Waals surface area contributed by atoms with Gasteiger partial charge in [0.15, 0.2) is 5.76 Å². The first kappa shape index (κ1) is 22.0. The number of benzene rings is 1. The van der Waals surface area contributed by atoms with Gasteiger partial charge < -0.3 is 9.73 Å². The van der Waals surface area contributed by atoms with Gasteiger partial charge in [0.1, 0.15) is 5.76 Å². The number of furan rings is 1. The normalized spacial score (nSPS) is 14.2. The third kappa shape index (κ3) is 4.69. The molecule has 0 saturated carbocycles. The number of hydrogen-bond donors (Lipinski definition) is 2. The van der Waals surface area contributed by atoms with Crippen molar-refractivity contribution in [2.75, 3.05) is 0 Å². The van der Waals surface area contributed by atoms with E-state index in [4.69, 9.17) is 27.6 Å². The first-order valence-electron chi connectivity index (χ1n) is 10.1. The van der Waals surface area contributed by atoms with Crippen molar-refractivity contribution in [3.63, 3.8) is 0 Å². The van der Waals surface area contributed by atoms with Crippen molar-refractivity contribution in [1.29, 1.82) is 0 Å². The summed E-state index contributed by atoms with van der Waals surface area (Å²) >= 11 is 12.0. The van der Waals surface area contributed by atoms with Gasteiger partial charge in [0.2, 0.25) is 0 Å². The van der Waals surface area contributed by atoms with Gasteiger partial charge >= 0.3 is 0 Å². The smallest absolute Gasteiger partial charge is 0.287 e. The largest absolute Gasteiger partial charge is 0.455 e. The second-order valence-corrected chi connectivity index (χ2v) is 8.18. The lowest BCUT2D eigenvalue weighted by Gasteiger charge is -2.13. The number of halogens is 2. The average Bonchev–Trinajstić information content (AvgIpc) is 3.14. The number of hydrazone groups is 1. The second-order valence-electron chi connectivity index (χ2n) is 7.34. The summed E-state index contributed by atoms with van der Waals surface area (Å²) < 4.78 is 5.88. The molecule has 1 aromatic carbocycles. The van der Waals surface area contributed by atoms with Gasteiger partial charge in [-0.05, 0) is 50.1 Å². The summed E-state index contributed by atoms with van der Waals surface area (Å²) in [7, 11) is 0. The Bertz CT molecular complexity index is 1210. The van der Waals surface area contributed by atoms with Crippen molar-refractivity contribution >= 4 is 40.7 Å². The summed E-state index contributed by atoms with van der Waals surface area (Å²) in [6.45, 7) is 2.11. The highest BCUT2D eigenvalue weighted by molar-refractivity contribution is 6.36. The average molecular weight is 471 g/mol. The zero-order valence-electron chi connectivity index (χ0n) is 17.2.